The monoisotopic (exact) mass is 374 g/mol. The highest BCUT2D eigenvalue weighted by Crippen LogP contribution is 2.37. The zero-order valence-corrected chi connectivity index (χ0v) is 15.4. The number of sulfone groups is 1. The lowest BCUT2D eigenvalue weighted by Gasteiger charge is -2.36. The molecule has 0 N–H and O–H groups in total. The maximum absolute atomic E-state index is 12.0. The number of rotatable bonds is 3. The molecule has 1 saturated heterocycles. The fraction of sp³-hybridized carbons (Fsp3) is 0.353. The number of hydrogen-bond donors (Lipinski definition) is 0. The second kappa shape index (κ2) is 6.34. The minimum Gasteiger partial charge on any atom is -0.347 e. The van der Waals surface area contributed by atoms with Gasteiger partial charge >= 0.3 is 0 Å². The van der Waals surface area contributed by atoms with Gasteiger partial charge in [-0.2, -0.15) is 0 Å². The molecule has 1 fully saturated rings. The highest BCUT2D eigenvalue weighted by Gasteiger charge is 2.28. The van der Waals surface area contributed by atoms with Crippen LogP contribution in [0, 0.1) is 0 Å². The van der Waals surface area contributed by atoms with Crippen molar-refractivity contribution in [2.75, 3.05) is 17.7 Å². The van der Waals surface area contributed by atoms with Crippen LogP contribution in [0.4, 0.5) is 5.82 Å². The summed E-state index contributed by atoms with van der Waals surface area (Å²) in [7, 11) is -3.28. The largest absolute Gasteiger partial charge is 0.347 e. The molecule has 8 heteroatoms. The van der Waals surface area contributed by atoms with Gasteiger partial charge in [0.05, 0.1) is 16.5 Å². The molecule has 1 unspecified atom stereocenters. The van der Waals surface area contributed by atoms with E-state index in [1.54, 1.807) is 35.9 Å². The molecule has 130 valence electrons. The van der Waals surface area contributed by atoms with Gasteiger partial charge in [0.2, 0.25) is 0 Å². The lowest BCUT2D eigenvalue weighted by atomic mass is 10.0. The van der Waals surface area contributed by atoms with Gasteiger partial charge in [-0.25, -0.2) is 23.4 Å². The van der Waals surface area contributed by atoms with E-state index in [1.165, 1.54) is 6.26 Å². The van der Waals surface area contributed by atoms with Crippen LogP contribution in [-0.2, 0) is 9.84 Å². The molecule has 0 bridgehead atoms. The van der Waals surface area contributed by atoms with Crippen molar-refractivity contribution in [1.29, 1.82) is 0 Å². The lowest BCUT2D eigenvalue weighted by molar-refractivity contribution is 0.469. The molecule has 0 amide bonds. The van der Waals surface area contributed by atoms with Gasteiger partial charge in [0.15, 0.2) is 9.84 Å². The Morgan fingerprint density at radius 1 is 1.20 bits per heavy atom. The van der Waals surface area contributed by atoms with Gasteiger partial charge in [-0.1, -0.05) is 0 Å². The summed E-state index contributed by atoms with van der Waals surface area (Å²) in [6.07, 6.45) is 7.84. The van der Waals surface area contributed by atoms with Crippen LogP contribution in [-0.4, -0.2) is 36.2 Å². The molecule has 1 aromatic carbocycles. The highest BCUT2D eigenvalue weighted by molar-refractivity contribution is 7.90. The molecule has 0 radical (unpaired) electrons. The second-order valence-electron chi connectivity index (χ2n) is 6.22. The van der Waals surface area contributed by atoms with Crippen LogP contribution in [0.2, 0.25) is 0 Å². The molecule has 0 spiro atoms. The summed E-state index contributed by atoms with van der Waals surface area (Å²) < 4.78 is 23.9. The van der Waals surface area contributed by atoms with E-state index in [1.807, 2.05) is 11.6 Å². The quantitative estimate of drug-likeness (QED) is 0.701. The Labute approximate surface area is 150 Å². The van der Waals surface area contributed by atoms with Gasteiger partial charge in [0.25, 0.3) is 0 Å². The number of thiazole rings is 1. The number of anilines is 1. The Bertz CT molecular complexity index is 1000. The molecule has 6 nitrogen and oxygen atoms in total. The molecule has 0 saturated carbocycles. The first-order chi connectivity index (χ1) is 12.0. The third-order valence-corrected chi connectivity index (χ3v) is 6.51. The van der Waals surface area contributed by atoms with E-state index >= 15 is 0 Å². The summed E-state index contributed by atoms with van der Waals surface area (Å²) in [6, 6.07) is 5.21. The van der Waals surface area contributed by atoms with Crippen LogP contribution in [0.5, 0.6) is 0 Å². The van der Waals surface area contributed by atoms with Crippen molar-refractivity contribution in [3.63, 3.8) is 0 Å². The first kappa shape index (κ1) is 16.4. The van der Waals surface area contributed by atoms with Crippen LogP contribution >= 0.6 is 11.3 Å². The third kappa shape index (κ3) is 3.11. The van der Waals surface area contributed by atoms with E-state index in [0.29, 0.717) is 4.90 Å². The van der Waals surface area contributed by atoms with E-state index in [-0.39, 0.29) is 6.04 Å². The number of aromatic nitrogens is 3. The van der Waals surface area contributed by atoms with Crippen molar-refractivity contribution < 1.29 is 8.42 Å². The summed E-state index contributed by atoms with van der Waals surface area (Å²) in [5, 5.41) is 3.83. The standard InChI is InChI=1S/C17H18N4O2S2/c1-25(22,23)12-5-6-14-13(10-12)16(20-11-19-14)21-8-3-2-4-15(21)17-18-7-9-24-17/h5-7,9-11,15H,2-4,8H2,1H3. The molecule has 25 heavy (non-hydrogen) atoms. The molecular formula is C17H18N4O2S2. The zero-order valence-electron chi connectivity index (χ0n) is 13.8. The van der Waals surface area contributed by atoms with Crippen molar-refractivity contribution in [2.24, 2.45) is 0 Å². The van der Waals surface area contributed by atoms with Gasteiger partial charge in [0.1, 0.15) is 17.2 Å². The predicted octanol–water partition coefficient (Wildman–Crippen LogP) is 3.22. The van der Waals surface area contributed by atoms with Crippen molar-refractivity contribution in [1.82, 2.24) is 15.0 Å². The summed E-state index contributed by atoms with van der Waals surface area (Å²) in [4.78, 5) is 15.8. The zero-order chi connectivity index (χ0) is 17.4. The third-order valence-electron chi connectivity index (χ3n) is 4.53. The van der Waals surface area contributed by atoms with Crippen LogP contribution in [0.15, 0.2) is 41.0 Å². The van der Waals surface area contributed by atoms with E-state index in [0.717, 1.165) is 47.5 Å². The molecule has 0 aliphatic carbocycles. The Morgan fingerprint density at radius 2 is 2.08 bits per heavy atom. The average molecular weight is 374 g/mol. The van der Waals surface area contributed by atoms with Crippen molar-refractivity contribution in [3.05, 3.63) is 41.1 Å². The SMILES string of the molecule is CS(=O)(=O)c1ccc2ncnc(N3CCCCC3c3nccs3)c2c1. The molecule has 3 aromatic rings. The maximum atomic E-state index is 12.0. The summed E-state index contributed by atoms with van der Waals surface area (Å²) in [5.74, 6) is 0.787. The molecule has 2 aromatic heterocycles. The first-order valence-corrected chi connectivity index (χ1v) is 10.9. The van der Waals surface area contributed by atoms with E-state index < -0.39 is 9.84 Å². The topological polar surface area (TPSA) is 76.1 Å². The molecule has 1 aliphatic heterocycles. The van der Waals surface area contributed by atoms with Crippen LogP contribution in [0.25, 0.3) is 10.9 Å². The summed E-state index contributed by atoms with van der Waals surface area (Å²) >= 11 is 1.65. The number of fused-ring (bicyclic) bond motifs is 1. The average Bonchev–Trinajstić information content (AvgIpc) is 3.14. The van der Waals surface area contributed by atoms with E-state index in [2.05, 4.69) is 19.9 Å². The number of nitrogens with zero attached hydrogens (tertiary/aromatic N) is 4. The lowest BCUT2D eigenvalue weighted by Crippen LogP contribution is -2.34. The molecule has 1 atom stereocenters. The fourth-order valence-corrected chi connectivity index (χ4v) is 4.75. The smallest absolute Gasteiger partial charge is 0.175 e. The van der Waals surface area contributed by atoms with Crippen molar-refractivity contribution in [3.8, 4) is 0 Å². The molecule has 1 aliphatic rings. The van der Waals surface area contributed by atoms with Gasteiger partial charge in [-0.3, -0.25) is 0 Å². The second-order valence-corrected chi connectivity index (χ2v) is 9.17. The van der Waals surface area contributed by atoms with E-state index in [9.17, 15) is 8.42 Å². The normalized spacial score (nSPS) is 18.6. The van der Waals surface area contributed by atoms with Gasteiger partial charge < -0.3 is 4.90 Å². The minimum absolute atomic E-state index is 0.175. The van der Waals surface area contributed by atoms with Gasteiger partial charge in [-0.15, -0.1) is 11.3 Å². The fourth-order valence-electron chi connectivity index (χ4n) is 3.32. The number of piperidine rings is 1. The van der Waals surface area contributed by atoms with Crippen LogP contribution < -0.4 is 4.90 Å². The molecule has 4 rings (SSSR count). The first-order valence-electron chi connectivity index (χ1n) is 8.15. The van der Waals surface area contributed by atoms with Crippen LogP contribution in [0.1, 0.15) is 30.3 Å². The highest BCUT2D eigenvalue weighted by atomic mass is 32.2. The summed E-state index contributed by atoms with van der Waals surface area (Å²) in [6.45, 7) is 0.874. The van der Waals surface area contributed by atoms with Gasteiger partial charge in [0, 0.05) is 29.8 Å². The van der Waals surface area contributed by atoms with Crippen molar-refractivity contribution in [2.45, 2.75) is 30.2 Å². The minimum atomic E-state index is -3.28. The van der Waals surface area contributed by atoms with Crippen LogP contribution in [0.3, 0.4) is 0 Å². The molecule has 3 heterocycles. The Hall–Kier alpha value is -2.06. The predicted molar refractivity (Wildman–Crippen MR) is 98.7 cm³/mol. The van der Waals surface area contributed by atoms with Gasteiger partial charge in [-0.05, 0) is 37.5 Å². The number of benzene rings is 1. The Balaban J connectivity index is 1.87. The van der Waals surface area contributed by atoms with E-state index in [4.69, 9.17) is 0 Å². The Kier molecular flexibility index (Phi) is 4.16. The Morgan fingerprint density at radius 3 is 2.84 bits per heavy atom. The maximum Gasteiger partial charge on any atom is 0.175 e. The van der Waals surface area contributed by atoms with Crippen molar-refractivity contribution >= 4 is 37.9 Å². The number of hydrogen-bond acceptors (Lipinski definition) is 7. The molecular weight excluding hydrogens is 356 g/mol. The summed E-state index contributed by atoms with van der Waals surface area (Å²) in [5.41, 5.74) is 0.751.